The number of rotatable bonds is 7. The third kappa shape index (κ3) is 5.38. The fraction of sp³-hybridized carbons (Fsp3) is 0.474. The fourth-order valence-corrected chi connectivity index (χ4v) is 4.26. The quantitative estimate of drug-likeness (QED) is 0.469. The van der Waals surface area contributed by atoms with Crippen LogP contribution in [0.25, 0.3) is 10.8 Å². The summed E-state index contributed by atoms with van der Waals surface area (Å²) in [6.07, 6.45) is -3.75. The second kappa shape index (κ2) is 9.68. The Morgan fingerprint density at radius 1 is 1.18 bits per heavy atom. The van der Waals surface area contributed by atoms with Crippen molar-refractivity contribution < 1.29 is 27.4 Å². The summed E-state index contributed by atoms with van der Waals surface area (Å²) < 4.78 is 51.5. The SMILES string of the molecule is CCOC(=O)Cn1nnnc1-c1nnc(N2CCC(Oc3ccccc3C(F)(F)F)CC2)s1. The molecule has 1 aliphatic heterocycles. The van der Waals surface area contributed by atoms with Gasteiger partial charge >= 0.3 is 12.1 Å². The third-order valence-electron chi connectivity index (χ3n) is 4.92. The Hall–Kier alpha value is -3.29. The molecule has 1 fully saturated rings. The molecule has 0 saturated carbocycles. The van der Waals surface area contributed by atoms with Gasteiger partial charge in [-0.1, -0.05) is 23.5 Å². The Balaban J connectivity index is 1.38. The molecule has 0 amide bonds. The van der Waals surface area contributed by atoms with Crippen LogP contribution in [0.15, 0.2) is 24.3 Å². The number of anilines is 1. The Labute approximate surface area is 190 Å². The van der Waals surface area contributed by atoms with E-state index in [4.69, 9.17) is 9.47 Å². The van der Waals surface area contributed by atoms with Gasteiger partial charge in [-0.05, 0) is 29.5 Å². The molecule has 0 spiro atoms. The van der Waals surface area contributed by atoms with Crippen molar-refractivity contribution in [1.29, 1.82) is 0 Å². The minimum absolute atomic E-state index is 0.146. The summed E-state index contributed by atoms with van der Waals surface area (Å²) in [7, 11) is 0. The highest BCUT2D eigenvalue weighted by atomic mass is 32.1. The van der Waals surface area contributed by atoms with Gasteiger partial charge in [0, 0.05) is 25.9 Å². The van der Waals surface area contributed by atoms with E-state index in [-0.39, 0.29) is 25.0 Å². The van der Waals surface area contributed by atoms with Crippen molar-refractivity contribution in [2.75, 3.05) is 24.6 Å². The van der Waals surface area contributed by atoms with E-state index in [0.717, 1.165) is 6.07 Å². The molecule has 0 N–H and O–H groups in total. The van der Waals surface area contributed by atoms with Crippen LogP contribution < -0.4 is 9.64 Å². The third-order valence-corrected chi connectivity index (χ3v) is 5.90. The Morgan fingerprint density at radius 2 is 1.94 bits per heavy atom. The molecule has 1 aliphatic rings. The lowest BCUT2D eigenvalue weighted by atomic mass is 10.1. The van der Waals surface area contributed by atoms with Gasteiger partial charge in [0.15, 0.2) is 5.01 Å². The Bertz CT molecular complexity index is 1100. The molecule has 0 bridgehead atoms. The van der Waals surface area contributed by atoms with E-state index in [1.165, 1.54) is 34.2 Å². The molecule has 14 heteroatoms. The average molecular weight is 483 g/mol. The lowest BCUT2D eigenvalue weighted by Crippen LogP contribution is -2.38. The van der Waals surface area contributed by atoms with Crippen molar-refractivity contribution in [2.24, 2.45) is 0 Å². The van der Waals surface area contributed by atoms with Gasteiger partial charge < -0.3 is 14.4 Å². The number of tetrazole rings is 1. The van der Waals surface area contributed by atoms with Gasteiger partial charge in [0.25, 0.3) is 0 Å². The van der Waals surface area contributed by atoms with Gasteiger partial charge in [-0.15, -0.1) is 15.3 Å². The Morgan fingerprint density at radius 3 is 2.67 bits per heavy atom. The number of aromatic nitrogens is 6. The second-order valence-corrected chi connectivity index (χ2v) is 8.11. The molecule has 1 saturated heterocycles. The predicted octanol–water partition coefficient (Wildman–Crippen LogP) is 2.82. The van der Waals surface area contributed by atoms with E-state index in [1.54, 1.807) is 6.92 Å². The Kier molecular flexibility index (Phi) is 6.72. The van der Waals surface area contributed by atoms with Gasteiger partial charge in [0.1, 0.15) is 18.4 Å². The van der Waals surface area contributed by atoms with Crippen LogP contribution in [0.2, 0.25) is 0 Å². The number of benzene rings is 1. The largest absolute Gasteiger partial charge is 0.490 e. The number of hydrogen-bond donors (Lipinski definition) is 0. The zero-order valence-corrected chi connectivity index (χ0v) is 18.3. The van der Waals surface area contributed by atoms with E-state index in [0.29, 0.717) is 41.9 Å². The molecule has 3 aromatic rings. The topological polar surface area (TPSA) is 108 Å². The fourth-order valence-electron chi connectivity index (χ4n) is 3.37. The first-order valence-electron chi connectivity index (χ1n) is 10.2. The van der Waals surface area contributed by atoms with Crippen molar-refractivity contribution in [1.82, 2.24) is 30.4 Å². The molecule has 2 aromatic heterocycles. The summed E-state index contributed by atoms with van der Waals surface area (Å²) >= 11 is 1.26. The first kappa shape index (κ1) is 22.9. The van der Waals surface area contributed by atoms with Crippen molar-refractivity contribution in [3.8, 4) is 16.6 Å². The van der Waals surface area contributed by atoms with Crippen LogP contribution in [0.3, 0.4) is 0 Å². The first-order valence-corrected chi connectivity index (χ1v) is 11.0. The number of alkyl halides is 3. The molecular weight excluding hydrogens is 463 g/mol. The van der Waals surface area contributed by atoms with Crippen LogP contribution in [0.1, 0.15) is 25.3 Å². The standard InChI is InChI=1S/C19H20F3N7O3S/c1-2-31-15(30)11-29-16(23-26-27-29)17-24-25-18(33-17)28-9-7-12(8-10-28)32-14-6-4-3-5-13(14)19(20,21)22/h3-6,12H,2,7-11H2,1H3. The lowest BCUT2D eigenvalue weighted by Gasteiger charge is -2.32. The molecule has 1 aromatic carbocycles. The number of carbonyl (C=O) groups excluding carboxylic acids is 1. The normalized spacial score (nSPS) is 15.0. The van der Waals surface area contributed by atoms with E-state index in [1.807, 2.05) is 4.90 Å². The maximum Gasteiger partial charge on any atom is 0.419 e. The second-order valence-electron chi connectivity index (χ2n) is 7.15. The van der Waals surface area contributed by atoms with Crippen molar-refractivity contribution in [3.05, 3.63) is 29.8 Å². The van der Waals surface area contributed by atoms with E-state index in [9.17, 15) is 18.0 Å². The molecule has 10 nitrogen and oxygen atoms in total. The number of halogens is 3. The van der Waals surface area contributed by atoms with Gasteiger partial charge in [-0.2, -0.15) is 13.2 Å². The van der Waals surface area contributed by atoms with E-state index < -0.39 is 17.7 Å². The predicted molar refractivity (Wildman–Crippen MR) is 111 cm³/mol. The number of carbonyl (C=O) groups is 1. The van der Waals surface area contributed by atoms with E-state index >= 15 is 0 Å². The molecule has 3 heterocycles. The minimum atomic E-state index is -4.47. The molecule has 0 aliphatic carbocycles. The summed E-state index contributed by atoms with van der Waals surface area (Å²) in [6, 6.07) is 5.22. The van der Waals surface area contributed by atoms with Gasteiger partial charge in [0.05, 0.1) is 12.2 Å². The number of para-hydroxylation sites is 1. The molecule has 4 rings (SSSR count). The lowest BCUT2D eigenvalue weighted by molar-refractivity contribution is -0.144. The van der Waals surface area contributed by atoms with Crippen molar-refractivity contribution in [3.63, 3.8) is 0 Å². The van der Waals surface area contributed by atoms with Crippen LogP contribution in [-0.4, -0.2) is 62.2 Å². The summed E-state index contributed by atoms with van der Waals surface area (Å²) in [5.74, 6) is -0.325. The van der Waals surface area contributed by atoms with Crippen LogP contribution in [-0.2, 0) is 22.3 Å². The van der Waals surface area contributed by atoms with Gasteiger partial charge in [-0.3, -0.25) is 4.79 Å². The number of piperidine rings is 1. The maximum atomic E-state index is 13.2. The van der Waals surface area contributed by atoms with Crippen molar-refractivity contribution in [2.45, 2.75) is 38.6 Å². The van der Waals surface area contributed by atoms with Crippen LogP contribution >= 0.6 is 11.3 Å². The number of esters is 1. The van der Waals surface area contributed by atoms with Gasteiger partial charge in [-0.25, -0.2) is 4.68 Å². The van der Waals surface area contributed by atoms with Crippen molar-refractivity contribution >= 4 is 22.4 Å². The molecule has 176 valence electrons. The molecule has 0 unspecified atom stereocenters. The van der Waals surface area contributed by atoms with Crippen LogP contribution in [0.5, 0.6) is 5.75 Å². The molecule has 33 heavy (non-hydrogen) atoms. The summed E-state index contributed by atoms with van der Waals surface area (Å²) in [5.41, 5.74) is -0.776. The maximum absolute atomic E-state index is 13.2. The highest BCUT2D eigenvalue weighted by Gasteiger charge is 2.35. The summed E-state index contributed by atoms with van der Waals surface area (Å²) in [5, 5.41) is 20.7. The zero-order chi connectivity index (χ0) is 23.4. The van der Waals surface area contributed by atoms with Crippen LogP contribution in [0, 0.1) is 0 Å². The molecule has 0 radical (unpaired) electrons. The highest BCUT2D eigenvalue weighted by Crippen LogP contribution is 2.37. The average Bonchev–Trinajstić information content (AvgIpc) is 3.43. The monoisotopic (exact) mass is 483 g/mol. The first-order chi connectivity index (χ1) is 15.8. The number of nitrogens with zero attached hydrogens (tertiary/aromatic N) is 7. The highest BCUT2D eigenvalue weighted by molar-refractivity contribution is 7.18. The van der Waals surface area contributed by atoms with Gasteiger partial charge in [0.2, 0.25) is 11.0 Å². The summed E-state index contributed by atoms with van der Waals surface area (Å²) in [4.78, 5) is 13.7. The molecule has 0 atom stereocenters. The number of ether oxygens (including phenoxy) is 2. The smallest absolute Gasteiger partial charge is 0.419 e. The molecular formula is C19H20F3N7O3S. The minimum Gasteiger partial charge on any atom is -0.490 e. The zero-order valence-electron chi connectivity index (χ0n) is 17.5. The number of hydrogen-bond acceptors (Lipinski definition) is 10. The van der Waals surface area contributed by atoms with Crippen LogP contribution in [0.4, 0.5) is 18.3 Å². The summed E-state index contributed by atoms with van der Waals surface area (Å²) in [6.45, 7) is 2.90. The van der Waals surface area contributed by atoms with E-state index in [2.05, 4.69) is 25.7 Å².